The molecule has 0 spiro atoms. The molecule has 0 aliphatic carbocycles. The third-order valence-electron chi connectivity index (χ3n) is 3.76. The topological polar surface area (TPSA) is 69.9 Å². The molecular weight excluding hydrogens is 320 g/mol. The van der Waals surface area contributed by atoms with E-state index >= 15 is 0 Å². The second-order valence-electron chi connectivity index (χ2n) is 5.68. The summed E-state index contributed by atoms with van der Waals surface area (Å²) < 4.78 is 11.8. The summed E-state index contributed by atoms with van der Waals surface area (Å²) in [6.07, 6.45) is 1.66. The minimum Gasteiger partial charge on any atom is -0.456 e. The number of pyridine rings is 1. The fourth-order valence-corrected chi connectivity index (χ4v) is 2.56. The number of nitrogens with zero attached hydrogens (tertiary/aromatic N) is 2. The molecule has 25 heavy (non-hydrogen) atoms. The summed E-state index contributed by atoms with van der Waals surface area (Å²) in [5.41, 5.74) is 2.96. The van der Waals surface area contributed by atoms with E-state index in [2.05, 4.69) is 4.98 Å². The van der Waals surface area contributed by atoms with Gasteiger partial charge in [0.1, 0.15) is 12.3 Å². The van der Waals surface area contributed by atoms with Crippen LogP contribution in [0.4, 0.5) is 0 Å². The van der Waals surface area contributed by atoms with Crippen LogP contribution in [-0.4, -0.2) is 22.5 Å². The zero-order valence-electron chi connectivity index (χ0n) is 14.1. The van der Waals surface area contributed by atoms with Gasteiger partial charge in [-0.1, -0.05) is 18.2 Å². The van der Waals surface area contributed by atoms with Gasteiger partial charge in [-0.3, -0.25) is 9.20 Å². The Hall–Kier alpha value is -2.99. The van der Waals surface area contributed by atoms with Gasteiger partial charge in [-0.15, -0.1) is 0 Å². The maximum Gasteiger partial charge on any atom is 0.338 e. The highest BCUT2D eigenvalue weighted by atomic mass is 16.5. The van der Waals surface area contributed by atoms with Crippen molar-refractivity contribution in [2.24, 2.45) is 0 Å². The molecule has 1 aromatic carbocycles. The number of carbonyl (C=O) groups is 1. The van der Waals surface area contributed by atoms with Crippen LogP contribution in [0.1, 0.15) is 27.2 Å². The fourth-order valence-electron chi connectivity index (χ4n) is 2.56. The van der Waals surface area contributed by atoms with Crippen molar-refractivity contribution in [2.75, 3.05) is 7.11 Å². The van der Waals surface area contributed by atoms with Crippen molar-refractivity contribution in [1.82, 2.24) is 9.38 Å². The van der Waals surface area contributed by atoms with E-state index in [1.54, 1.807) is 37.6 Å². The number of fused-ring (bicyclic) bond motifs is 1. The molecule has 0 unspecified atom stereocenters. The summed E-state index contributed by atoms with van der Waals surface area (Å²) >= 11 is 0. The quantitative estimate of drug-likeness (QED) is 0.669. The van der Waals surface area contributed by atoms with Gasteiger partial charge in [-0.2, -0.15) is 0 Å². The lowest BCUT2D eigenvalue weighted by Crippen LogP contribution is -2.17. The second kappa shape index (κ2) is 7.27. The third kappa shape index (κ3) is 3.75. The molecule has 2 heterocycles. The summed E-state index contributed by atoms with van der Waals surface area (Å²) in [7, 11) is 1.59. The van der Waals surface area contributed by atoms with E-state index in [1.807, 2.05) is 19.1 Å². The van der Waals surface area contributed by atoms with Crippen molar-refractivity contribution in [3.05, 3.63) is 81.4 Å². The molecule has 0 aliphatic rings. The van der Waals surface area contributed by atoms with Crippen LogP contribution < -0.4 is 5.56 Å². The van der Waals surface area contributed by atoms with Gasteiger partial charge in [-0.25, -0.2) is 9.78 Å². The molecule has 128 valence electrons. The predicted octanol–water partition coefficient (Wildman–Crippen LogP) is 2.51. The second-order valence-corrected chi connectivity index (χ2v) is 5.68. The molecule has 0 N–H and O–H groups in total. The van der Waals surface area contributed by atoms with Crippen LogP contribution >= 0.6 is 0 Å². The lowest BCUT2D eigenvalue weighted by atomic mass is 10.1. The first kappa shape index (κ1) is 16.9. The summed E-state index contributed by atoms with van der Waals surface area (Å²) in [4.78, 5) is 28.8. The highest BCUT2D eigenvalue weighted by molar-refractivity contribution is 5.89. The minimum absolute atomic E-state index is 0.0621. The first-order chi connectivity index (χ1) is 12.1. The van der Waals surface area contributed by atoms with Crippen LogP contribution in [-0.2, 0) is 22.7 Å². The van der Waals surface area contributed by atoms with E-state index in [0.29, 0.717) is 23.5 Å². The maximum absolute atomic E-state index is 12.2. The monoisotopic (exact) mass is 338 g/mol. The Labute approximate surface area is 144 Å². The van der Waals surface area contributed by atoms with Gasteiger partial charge >= 0.3 is 5.97 Å². The molecule has 3 rings (SSSR count). The number of hydrogen-bond donors (Lipinski definition) is 0. The Morgan fingerprint density at radius 3 is 2.80 bits per heavy atom. The molecule has 0 atom stereocenters. The smallest absolute Gasteiger partial charge is 0.338 e. The van der Waals surface area contributed by atoms with Crippen molar-refractivity contribution in [2.45, 2.75) is 20.1 Å². The number of aromatic nitrogens is 2. The zero-order chi connectivity index (χ0) is 17.8. The minimum atomic E-state index is -0.468. The highest BCUT2D eigenvalue weighted by Gasteiger charge is 2.10. The summed E-state index contributed by atoms with van der Waals surface area (Å²) in [6.45, 7) is 2.23. The number of rotatable bonds is 5. The van der Waals surface area contributed by atoms with Crippen LogP contribution in [0.15, 0.2) is 53.5 Å². The predicted molar refractivity (Wildman–Crippen MR) is 92.5 cm³/mol. The Morgan fingerprint density at radius 2 is 2.00 bits per heavy atom. The average molecular weight is 338 g/mol. The molecule has 0 amide bonds. The number of methoxy groups -OCH3 is 1. The summed E-state index contributed by atoms with van der Waals surface area (Å²) in [5, 5.41) is 0. The van der Waals surface area contributed by atoms with Crippen LogP contribution in [0.5, 0.6) is 0 Å². The molecule has 2 aromatic heterocycles. The molecular formula is C19H18N2O4. The van der Waals surface area contributed by atoms with Crippen molar-refractivity contribution in [3.8, 4) is 0 Å². The maximum atomic E-state index is 12.2. The molecule has 3 aromatic rings. The summed E-state index contributed by atoms with van der Waals surface area (Å²) in [6, 6.07) is 12.1. The van der Waals surface area contributed by atoms with E-state index < -0.39 is 5.97 Å². The number of benzene rings is 1. The fraction of sp³-hybridized carbons (Fsp3) is 0.211. The SMILES string of the molecule is COCc1cccc(C(=O)OCc2cc(=O)n3cccc(C)c3n2)c1. The standard InChI is InChI=1S/C19H18N2O4/c1-13-5-4-8-21-17(22)10-16(20-18(13)21)12-25-19(23)15-7-3-6-14(9-15)11-24-2/h3-10H,11-12H2,1-2H3. The van der Waals surface area contributed by atoms with Crippen LogP contribution in [0.25, 0.3) is 5.65 Å². The van der Waals surface area contributed by atoms with E-state index in [1.165, 1.54) is 10.5 Å². The van der Waals surface area contributed by atoms with E-state index in [4.69, 9.17) is 9.47 Å². The van der Waals surface area contributed by atoms with Crippen molar-refractivity contribution in [3.63, 3.8) is 0 Å². The lowest BCUT2D eigenvalue weighted by Gasteiger charge is -2.08. The van der Waals surface area contributed by atoms with Gasteiger partial charge < -0.3 is 9.47 Å². The molecule has 6 nitrogen and oxygen atoms in total. The number of ether oxygens (including phenoxy) is 2. The Kier molecular flexibility index (Phi) is 4.90. The largest absolute Gasteiger partial charge is 0.456 e. The van der Waals surface area contributed by atoms with E-state index in [9.17, 15) is 9.59 Å². The van der Waals surface area contributed by atoms with Crippen LogP contribution in [0.2, 0.25) is 0 Å². The molecule has 0 bridgehead atoms. The van der Waals surface area contributed by atoms with Gasteiger partial charge in [-0.05, 0) is 36.2 Å². The van der Waals surface area contributed by atoms with Crippen molar-refractivity contribution >= 4 is 11.6 Å². The Balaban J connectivity index is 1.78. The van der Waals surface area contributed by atoms with Gasteiger partial charge in [0.05, 0.1) is 17.9 Å². The van der Waals surface area contributed by atoms with E-state index in [0.717, 1.165) is 11.1 Å². The molecule has 0 saturated carbocycles. The molecule has 0 saturated heterocycles. The molecule has 0 fully saturated rings. The van der Waals surface area contributed by atoms with Crippen LogP contribution in [0.3, 0.4) is 0 Å². The molecule has 0 radical (unpaired) electrons. The Morgan fingerprint density at radius 1 is 1.16 bits per heavy atom. The van der Waals surface area contributed by atoms with Gasteiger partial charge in [0.25, 0.3) is 5.56 Å². The first-order valence-corrected chi connectivity index (χ1v) is 7.81. The third-order valence-corrected chi connectivity index (χ3v) is 3.76. The van der Waals surface area contributed by atoms with E-state index in [-0.39, 0.29) is 12.2 Å². The lowest BCUT2D eigenvalue weighted by molar-refractivity contribution is 0.0467. The number of hydrogen-bond acceptors (Lipinski definition) is 5. The van der Waals surface area contributed by atoms with Crippen molar-refractivity contribution < 1.29 is 14.3 Å². The van der Waals surface area contributed by atoms with Gasteiger partial charge in [0, 0.05) is 19.4 Å². The summed E-state index contributed by atoms with van der Waals surface area (Å²) in [5.74, 6) is -0.468. The zero-order valence-corrected chi connectivity index (χ0v) is 14.1. The Bertz CT molecular complexity index is 979. The number of carbonyl (C=O) groups excluding carboxylic acids is 1. The van der Waals surface area contributed by atoms with Gasteiger partial charge in [0.2, 0.25) is 0 Å². The first-order valence-electron chi connectivity index (χ1n) is 7.81. The normalized spacial score (nSPS) is 10.8. The van der Waals surface area contributed by atoms with Crippen LogP contribution in [0, 0.1) is 6.92 Å². The number of aryl methyl sites for hydroxylation is 1. The average Bonchev–Trinajstić information content (AvgIpc) is 2.61. The molecule has 6 heteroatoms. The highest BCUT2D eigenvalue weighted by Crippen LogP contribution is 2.10. The number of esters is 1. The van der Waals surface area contributed by atoms with Crippen molar-refractivity contribution in [1.29, 1.82) is 0 Å². The molecule has 0 aliphatic heterocycles. The van der Waals surface area contributed by atoms with Gasteiger partial charge in [0.15, 0.2) is 0 Å².